The van der Waals surface area contributed by atoms with Gasteiger partial charge in [-0.15, -0.1) is 0 Å². The Morgan fingerprint density at radius 2 is 2.31 bits per heavy atom. The lowest BCUT2D eigenvalue weighted by molar-refractivity contribution is -0.119. The number of amides is 1. The van der Waals surface area contributed by atoms with Gasteiger partial charge in [-0.3, -0.25) is 4.79 Å². The number of rotatable bonds is 0. The second kappa shape index (κ2) is 3.22. The maximum absolute atomic E-state index is 11.4. The molecule has 84 valence electrons. The van der Waals surface area contributed by atoms with Crippen molar-refractivity contribution in [3.05, 3.63) is 34.3 Å². The minimum atomic E-state index is -0.499. The number of carbonyl (C=O) groups excluding carboxylic acids is 1. The second-order valence-corrected chi connectivity index (χ2v) is 5.12. The normalized spacial score (nSPS) is 31.9. The lowest BCUT2D eigenvalue weighted by atomic mass is 9.81. The van der Waals surface area contributed by atoms with E-state index in [1.807, 2.05) is 12.1 Å². The van der Waals surface area contributed by atoms with Gasteiger partial charge in [-0.05, 0) is 29.7 Å². The van der Waals surface area contributed by atoms with E-state index in [1.165, 1.54) is 0 Å². The van der Waals surface area contributed by atoms with Crippen LogP contribution in [0.25, 0.3) is 0 Å². The number of aliphatic hydroxyl groups is 1. The van der Waals surface area contributed by atoms with Crippen LogP contribution in [0.3, 0.4) is 0 Å². The van der Waals surface area contributed by atoms with Crippen molar-refractivity contribution in [3.8, 4) is 0 Å². The summed E-state index contributed by atoms with van der Waals surface area (Å²) in [6, 6.07) is 5.57. The number of halogens is 1. The highest BCUT2D eigenvalue weighted by molar-refractivity contribution is 6.30. The van der Waals surface area contributed by atoms with Crippen LogP contribution >= 0.6 is 11.6 Å². The molecule has 0 aromatic heterocycles. The molecule has 1 spiro atoms. The van der Waals surface area contributed by atoms with Crippen molar-refractivity contribution in [1.82, 2.24) is 5.32 Å². The molecule has 0 radical (unpaired) electrons. The average molecular weight is 238 g/mol. The van der Waals surface area contributed by atoms with Crippen LogP contribution in [0.15, 0.2) is 18.2 Å². The Kier molecular flexibility index (Phi) is 2.03. The van der Waals surface area contributed by atoms with Crippen molar-refractivity contribution < 1.29 is 9.90 Å². The summed E-state index contributed by atoms with van der Waals surface area (Å²) in [5.74, 6) is 0.0648. The SMILES string of the molecule is O=C1CC2(CN1)CC(O)c1cc(Cl)ccc12. The highest BCUT2D eigenvalue weighted by Gasteiger charge is 2.47. The van der Waals surface area contributed by atoms with Crippen molar-refractivity contribution in [2.45, 2.75) is 24.4 Å². The molecule has 2 N–H and O–H groups in total. The molecule has 3 rings (SSSR count). The van der Waals surface area contributed by atoms with Gasteiger partial charge >= 0.3 is 0 Å². The van der Waals surface area contributed by atoms with Gasteiger partial charge in [0.2, 0.25) is 5.91 Å². The summed E-state index contributed by atoms with van der Waals surface area (Å²) < 4.78 is 0. The molecule has 2 unspecified atom stereocenters. The number of carbonyl (C=O) groups is 1. The Labute approximate surface area is 98.4 Å². The van der Waals surface area contributed by atoms with Gasteiger partial charge in [-0.25, -0.2) is 0 Å². The predicted octanol–water partition coefficient (Wildman–Crippen LogP) is 1.53. The zero-order valence-electron chi connectivity index (χ0n) is 8.66. The van der Waals surface area contributed by atoms with Gasteiger partial charge in [0, 0.05) is 23.4 Å². The largest absolute Gasteiger partial charge is 0.388 e. The third-order valence-electron chi connectivity index (χ3n) is 3.65. The first kappa shape index (κ1) is 10.1. The Morgan fingerprint density at radius 1 is 1.50 bits per heavy atom. The average Bonchev–Trinajstić information content (AvgIpc) is 2.71. The standard InChI is InChI=1S/C12H12ClNO2/c13-7-1-2-9-8(3-7)10(15)4-12(9)5-11(16)14-6-12/h1-3,10,15H,4-6H2,(H,14,16). The fraction of sp³-hybridized carbons (Fsp3) is 0.417. The van der Waals surface area contributed by atoms with E-state index in [1.54, 1.807) is 6.07 Å². The summed E-state index contributed by atoms with van der Waals surface area (Å²) in [5.41, 5.74) is 1.74. The van der Waals surface area contributed by atoms with Crippen molar-refractivity contribution in [2.75, 3.05) is 6.54 Å². The van der Waals surface area contributed by atoms with Crippen LogP contribution in [0.5, 0.6) is 0 Å². The van der Waals surface area contributed by atoms with Crippen molar-refractivity contribution in [1.29, 1.82) is 0 Å². The van der Waals surface area contributed by atoms with E-state index < -0.39 is 6.10 Å². The molecule has 1 heterocycles. The second-order valence-electron chi connectivity index (χ2n) is 4.69. The molecule has 1 aromatic rings. The quantitative estimate of drug-likeness (QED) is 0.719. The van der Waals surface area contributed by atoms with Crippen LogP contribution in [-0.4, -0.2) is 17.6 Å². The van der Waals surface area contributed by atoms with E-state index in [0.29, 0.717) is 24.4 Å². The number of benzene rings is 1. The van der Waals surface area contributed by atoms with Gasteiger partial charge in [0.25, 0.3) is 0 Å². The third-order valence-corrected chi connectivity index (χ3v) is 3.89. The number of nitrogens with one attached hydrogen (secondary N) is 1. The lowest BCUT2D eigenvalue weighted by Crippen LogP contribution is -2.26. The molecule has 3 nitrogen and oxygen atoms in total. The topological polar surface area (TPSA) is 49.3 Å². The van der Waals surface area contributed by atoms with Gasteiger partial charge in [0.1, 0.15) is 0 Å². The Hall–Kier alpha value is -1.06. The first-order valence-corrected chi connectivity index (χ1v) is 5.73. The summed E-state index contributed by atoms with van der Waals surface area (Å²) >= 11 is 5.92. The zero-order chi connectivity index (χ0) is 11.3. The van der Waals surface area contributed by atoms with Crippen LogP contribution in [0.4, 0.5) is 0 Å². The first-order chi connectivity index (χ1) is 7.61. The van der Waals surface area contributed by atoms with Gasteiger partial charge in [0.05, 0.1) is 6.10 Å². The molecule has 1 fully saturated rings. The van der Waals surface area contributed by atoms with E-state index in [4.69, 9.17) is 11.6 Å². The highest BCUT2D eigenvalue weighted by Crippen LogP contribution is 2.49. The molecular formula is C12H12ClNO2. The zero-order valence-corrected chi connectivity index (χ0v) is 9.42. The van der Waals surface area contributed by atoms with Gasteiger partial charge in [0.15, 0.2) is 0 Å². The summed E-state index contributed by atoms with van der Waals surface area (Å²) in [7, 11) is 0. The molecule has 1 aliphatic carbocycles. The highest BCUT2D eigenvalue weighted by atomic mass is 35.5. The van der Waals surface area contributed by atoms with Crippen LogP contribution in [0.1, 0.15) is 30.1 Å². The van der Waals surface area contributed by atoms with Crippen molar-refractivity contribution in [3.63, 3.8) is 0 Å². The van der Waals surface area contributed by atoms with Crippen LogP contribution in [-0.2, 0) is 10.2 Å². The maximum atomic E-state index is 11.4. The van der Waals surface area contributed by atoms with Gasteiger partial charge in [-0.2, -0.15) is 0 Å². The summed E-state index contributed by atoms with van der Waals surface area (Å²) in [6.45, 7) is 0.623. The van der Waals surface area contributed by atoms with Crippen LogP contribution < -0.4 is 5.32 Å². The first-order valence-electron chi connectivity index (χ1n) is 5.35. The number of fused-ring (bicyclic) bond motifs is 2. The molecule has 0 saturated carbocycles. The molecule has 16 heavy (non-hydrogen) atoms. The molecule has 2 aliphatic rings. The summed E-state index contributed by atoms with van der Waals surface area (Å²) in [5, 5.41) is 13.5. The molecule has 1 saturated heterocycles. The Balaban J connectivity index is 2.12. The Morgan fingerprint density at radius 3 is 3.00 bits per heavy atom. The van der Waals surface area contributed by atoms with E-state index in [9.17, 15) is 9.90 Å². The minimum Gasteiger partial charge on any atom is -0.388 e. The van der Waals surface area contributed by atoms with Crippen LogP contribution in [0, 0.1) is 0 Å². The van der Waals surface area contributed by atoms with Crippen molar-refractivity contribution in [2.24, 2.45) is 0 Å². The van der Waals surface area contributed by atoms with E-state index in [0.717, 1.165) is 11.1 Å². The smallest absolute Gasteiger partial charge is 0.220 e. The Bertz CT molecular complexity index is 474. The number of hydrogen-bond donors (Lipinski definition) is 2. The molecular weight excluding hydrogens is 226 g/mol. The van der Waals surface area contributed by atoms with Crippen molar-refractivity contribution >= 4 is 17.5 Å². The van der Waals surface area contributed by atoms with E-state index >= 15 is 0 Å². The number of hydrogen-bond acceptors (Lipinski definition) is 2. The van der Waals surface area contributed by atoms with Crippen LogP contribution in [0.2, 0.25) is 5.02 Å². The molecule has 1 aromatic carbocycles. The molecule has 1 amide bonds. The number of aliphatic hydroxyl groups excluding tert-OH is 1. The van der Waals surface area contributed by atoms with Gasteiger partial charge < -0.3 is 10.4 Å². The fourth-order valence-electron chi connectivity index (χ4n) is 2.92. The maximum Gasteiger partial charge on any atom is 0.220 e. The third kappa shape index (κ3) is 1.28. The van der Waals surface area contributed by atoms with E-state index in [-0.39, 0.29) is 11.3 Å². The molecule has 1 aliphatic heterocycles. The molecule has 2 atom stereocenters. The predicted molar refractivity (Wildman–Crippen MR) is 60.3 cm³/mol. The fourth-order valence-corrected chi connectivity index (χ4v) is 3.10. The molecule has 0 bridgehead atoms. The lowest BCUT2D eigenvalue weighted by Gasteiger charge is -2.21. The summed E-state index contributed by atoms with van der Waals surface area (Å²) in [6.07, 6.45) is 0.585. The van der Waals surface area contributed by atoms with Gasteiger partial charge in [-0.1, -0.05) is 17.7 Å². The minimum absolute atomic E-state index is 0.0648. The van der Waals surface area contributed by atoms with E-state index in [2.05, 4.69) is 5.32 Å². The summed E-state index contributed by atoms with van der Waals surface area (Å²) in [4.78, 5) is 11.4. The molecule has 4 heteroatoms. The monoisotopic (exact) mass is 237 g/mol.